The third-order valence-corrected chi connectivity index (χ3v) is 8.30. The van der Waals surface area contributed by atoms with E-state index in [-0.39, 0.29) is 0 Å². The molecule has 0 N–H and O–H groups in total. The predicted molar refractivity (Wildman–Crippen MR) is 152 cm³/mol. The summed E-state index contributed by atoms with van der Waals surface area (Å²) in [6, 6.07) is 0. The fourth-order valence-corrected chi connectivity index (χ4v) is 5.57. The number of unbranched alkanes of at least 4 members (excludes halogenated alkanes) is 3. The Labute approximate surface area is 177 Å². The van der Waals surface area contributed by atoms with Crippen molar-refractivity contribution in [1.29, 1.82) is 0 Å². The van der Waals surface area contributed by atoms with Gasteiger partial charge in [-0.25, -0.2) is 0 Å². The van der Waals surface area contributed by atoms with Gasteiger partial charge in [0.1, 0.15) is 0 Å². The van der Waals surface area contributed by atoms with Crippen LogP contribution in [0.4, 0.5) is 0 Å². The highest BCUT2D eigenvalue weighted by Gasteiger charge is 2.13. The molecule has 7 heteroatoms. The SMILES string of the molecule is CCCCC.PCCC(P)C(CP)CCP.PCCCCC(P)CP. The lowest BCUT2D eigenvalue weighted by atomic mass is 10.0. The van der Waals surface area contributed by atoms with Gasteiger partial charge in [-0.2, -0.15) is 0 Å². The van der Waals surface area contributed by atoms with Gasteiger partial charge in [0.25, 0.3) is 0 Å². The summed E-state index contributed by atoms with van der Waals surface area (Å²) in [5.41, 5.74) is 1.64. The quantitative estimate of drug-likeness (QED) is 0.205. The second-order valence-corrected chi connectivity index (χ2v) is 10.9. The molecule has 0 radical (unpaired) electrons. The zero-order chi connectivity index (χ0) is 19.9. The van der Waals surface area contributed by atoms with Crippen LogP contribution in [0.15, 0.2) is 0 Å². The third-order valence-electron chi connectivity index (χ3n) is 3.98. The highest BCUT2D eigenvalue weighted by molar-refractivity contribution is 7.22. The summed E-state index contributed by atoms with van der Waals surface area (Å²) in [5.74, 6) is 0.878. The maximum absolute atomic E-state index is 2.98. The summed E-state index contributed by atoms with van der Waals surface area (Å²) in [6.07, 6.45) is 17.0. The number of rotatable bonds is 13. The maximum Gasteiger partial charge on any atom is -0.0229 e. The van der Waals surface area contributed by atoms with E-state index in [2.05, 4.69) is 78.5 Å². The molecule has 0 rings (SSSR count). The van der Waals surface area contributed by atoms with Crippen LogP contribution < -0.4 is 0 Å². The molecule has 10 unspecified atom stereocenters. The Morgan fingerprint density at radius 3 is 1.48 bits per heavy atom. The van der Waals surface area contributed by atoms with Crippen LogP contribution in [0.25, 0.3) is 0 Å². The van der Waals surface area contributed by atoms with Crippen LogP contribution in [0.3, 0.4) is 0 Å². The van der Waals surface area contributed by atoms with Gasteiger partial charge in [0.15, 0.2) is 0 Å². The van der Waals surface area contributed by atoms with E-state index in [4.69, 9.17) is 0 Å². The Morgan fingerprint density at radius 1 is 0.600 bits per heavy atom. The van der Waals surface area contributed by atoms with Crippen LogP contribution in [-0.2, 0) is 0 Å². The lowest BCUT2D eigenvalue weighted by molar-refractivity contribution is 0.538. The molecule has 0 aromatic rings. The summed E-state index contributed by atoms with van der Waals surface area (Å²) in [6.45, 7) is 4.42. The van der Waals surface area contributed by atoms with E-state index in [0.717, 1.165) is 17.2 Å². The minimum Gasteiger partial charge on any atom is -0.138 e. The standard InChI is InChI=1S/C7H20P4.C6H17P3.C5H12/c8-3-1-6(5-10)7(11)2-4-9;7-4-2-1-3-6(9)5-8;1-3-5-4-2/h6-7H,1-5,8-11H2;6H,1-5,7-9H2;3-5H2,1-2H3. The average Bonchev–Trinajstić information content (AvgIpc) is 2.61. The second-order valence-electron chi connectivity index (χ2n) is 6.45. The molecule has 0 saturated carbocycles. The van der Waals surface area contributed by atoms with Gasteiger partial charge in [0.2, 0.25) is 0 Å². The summed E-state index contributed by atoms with van der Waals surface area (Å²) >= 11 is 0. The molecule has 156 valence electrons. The van der Waals surface area contributed by atoms with Gasteiger partial charge in [0.05, 0.1) is 0 Å². The van der Waals surface area contributed by atoms with E-state index in [9.17, 15) is 0 Å². The minimum atomic E-state index is 0.811. The fraction of sp³-hybridized carbons (Fsp3) is 1.00. The van der Waals surface area contributed by atoms with Crippen molar-refractivity contribution in [2.24, 2.45) is 5.92 Å². The molecule has 0 aromatic carbocycles. The molecular formula is C18H49P7. The lowest BCUT2D eigenvalue weighted by Crippen LogP contribution is -2.16. The topological polar surface area (TPSA) is 0 Å². The summed E-state index contributed by atoms with van der Waals surface area (Å²) in [5, 5.41) is 0. The zero-order valence-corrected chi connectivity index (χ0v) is 25.0. The van der Waals surface area contributed by atoms with E-state index >= 15 is 0 Å². The van der Waals surface area contributed by atoms with Gasteiger partial charge in [0, 0.05) is 0 Å². The molecule has 0 aliphatic heterocycles. The highest BCUT2D eigenvalue weighted by Crippen LogP contribution is 2.23. The second kappa shape index (κ2) is 29.2. The van der Waals surface area contributed by atoms with Gasteiger partial charge in [-0.05, 0) is 73.7 Å². The Hall–Kier alpha value is 3.01. The Kier molecular flexibility index (Phi) is 38.2. The molecule has 0 aliphatic carbocycles. The van der Waals surface area contributed by atoms with Gasteiger partial charge in [-0.15, -0.1) is 64.7 Å². The molecule has 0 heterocycles. The van der Waals surface area contributed by atoms with Crippen molar-refractivity contribution in [2.75, 3.05) is 30.8 Å². The first-order chi connectivity index (χ1) is 12.0. The zero-order valence-electron chi connectivity index (χ0n) is 17.0. The molecule has 10 atom stereocenters. The molecule has 0 nitrogen and oxygen atoms in total. The summed E-state index contributed by atoms with van der Waals surface area (Å²) < 4.78 is 0. The largest absolute Gasteiger partial charge is 0.138 e. The van der Waals surface area contributed by atoms with Crippen molar-refractivity contribution in [3.8, 4) is 0 Å². The van der Waals surface area contributed by atoms with Crippen molar-refractivity contribution < 1.29 is 0 Å². The Balaban J connectivity index is -0.000000311. The first kappa shape index (κ1) is 32.7. The maximum atomic E-state index is 2.98. The van der Waals surface area contributed by atoms with Crippen molar-refractivity contribution in [2.45, 2.75) is 76.5 Å². The molecule has 25 heavy (non-hydrogen) atoms. The molecule has 0 saturated heterocycles. The summed E-state index contributed by atoms with van der Waals surface area (Å²) in [7, 11) is 19.9. The van der Waals surface area contributed by atoms with Crippen LogP contribution in [-0.4, -0.2) is 42.1 Å². The monoisotopic (exact) mass is 482 g/mol. The van der Waals surface area contributed by atoms with Crippen molar-refractivity contribution in [3.63, 3.8) is 0 Å². The highest BCUT2D eigenvalue weighted by atomic mass is 31.0. The van der Waals surface area contributed by atoms with Crippen molar-refractivity contribution in [1.82, 2.24) is 0 Å². The first-order valence-corrected chi connectivity index (χ1v) is 15.4. The first-order valence-electron chi connectivity index (χ1n) is 10.00. The summed E-state index contributed by atoms with van der Waals surface area (Å²) in [4.78, 5) is 0. The van der Waals surface area contributed by atoms with Crippen LogP contribution in [0, 0.1) is 5.92 Å². The molecule has 0 aliphatic rings. The van der Waals surface area contributed by atoms with E-state index < -0.39 is 0 Å². The van der Waals surface area contributed by atoms with Crippen molar-refractivity contribution >= 4 is 64.7 Å². The molecule has 0 aromatic heterocycles. The molecule has 0 spiro atoms. The van der Waals surface area contributed by atoms with Gasteiger partial charge < -0.3 is 0 Å². The van der Waals surface area contributed by atoms with Gasteiger partial charge >= 0.3 is 0 Å². The predicted octanol–water partition coefficient (Wildman–Crippen LogP) is 6.60. The van der Waals surface area contributed by atoms with Crippen LogP contribution in [0.1, 0.15) is 65.2 Å². The van der Waals surface area contributed by atoms with Crippen molar-refractivity contribution in [3.05, 3.63) is 0 Å². The number of hydrogen-bond acceptors (Lipinski definition) is 0. The normalized spacial score (nSPS) is 13.8. The Bertz CT molecular complexity index is 216. The minimum absolute atomic E-state index is 0.811. The van der Waals surface area contributed by atoms with E-state index in [1.54, 1.807) is 0 Å². The van der Waals surface area contributed by atoms with E-state index in [1.807, 2.05) is 0 Å². The van der Waals surface area contributed by atoms with Crippen LogP contribution in [0.5, 0.6) is 0 Å². The fourth-order valence-electron chi connectivity index (χ4n) is 2.17. The molecule has 0 bridgehead atoms. The van der Waals surface area contributed by atoms with E-state index in [1.165, 1.54) is 82.2 Å². The third kappa shape index (κ3) is 29.3. The molecular weight excluding hydrogens is 433 g/mol. The van der Waals surface area contributed by atoms with Crippen LogP contribution in [0.2, 0.25) is 0 Å². The van der Waals surface area contributed by atoms with Crippen LogP contribution >= 0.6 is 64.7 Å². The van der Waals surface area contributed by atoms with Gasteiger partial charge in [-0.1, -0.05) is 39.5 Å². The molecule has 0 amide bonds. The Morgan fingerprint density at radius 2 is 1.16 bits per heavy atom. The number of hydrogen-bond donors (Lipinski definition) is 0. The lowest BCUT2D eigenvalue weighted by Gasteiger charge is -2.20. The van der Waals surface area contributed by atoms with Gasteiger partial charge in [-0.3, -0.25) is 0 Å². The molecule has 0 fully saturated rings. The smallest absolute Gasteiger partial charge is 0.0229 e. The average molecular weight is 482 g/mol. The van der Waals surface area contributed by atoms with E-state index in [0.29, 0.717) is 0 Å².